The molecular formula is C24H29N3O2. The van der Waals surface area contributed by atoms with Crippen molar-refractivity contribution in [3.05, 3.63) is 71.8 Å². The lowest BCUT2D eigenvalue weighted by molar-refractivity contribution is -0.128. The van der Waals surface area contributed by atoms with Crippen molar-refractivity contribution in [2.45, 2.75) is 37.9 Å². The van der Waals surface area contributed by atoms with Gasteiger partial charge in [-0.15, -0.1) is 0 Å². The number of hydrogen-bond donors (Lipinski definition) is 1. The molecule has 2 heterocycles. The van der Waals surface area contributed by atoms with Crippen molar-refractivity contribution in [2.75, 3.05) is 20.1 Å². The van der Waals surface area contributed by atoms with Crippen LogP contribution < -0.4 is 5.32 Å². The van der Waals surface area contributed by atoms with E-state index < -0.39 is 0 Å². The first-order valence-electron chi connectivity index (χ1n) is 10.5. The maximum Gasteiger partial charge on any atom is 0.226 e. The summed E-state index contributed by atoms with van der Waals surface area (Å²) in [6.45, 7) is 2.91. The summed E-state index contributed by atoms with van der Waals surface area (Å²) in [5.41, 5.74) is 2.35. The van der Waals surface area contributed by atoms with Crippen LogP contribution in [0.4, 0.5) is 0 Å². The van der Waals surface area contributed by atoms with Crippen LogP contribution in [-0.2, 0) is 16.1 Å². The summed E-state index contributed by atoms with van der Waals surface area (Å²) in [6.07, 6.45) is 2.19. The summed E-state index contributed by atoms with van der Waals surface area (Å²) < 4.78 is 0. The van der Waals surface area contributed by atoms with Gasteiger partial charge in [-0.3, -0.25) is 14.5 Å². The first kappa shape index (κ1) is 19.6. The minimum absolute atomic E-state index is 0.0121. The molecule has 0 saturated carbocycles. The Morgan fingerprint density at radius 1 is 1.00 bits per heavy atom. The molecule has 0 aliphatic carbocycles. The van der Waals surface area contributed by atoms with Gasteiger partial charge < -0.3 is 10.2 Å². The van der Waals surface area contributed by atoms with Crippen LogP contribution in [0.25, 0.3) is 0 Å². The van der Waals surface area contributed by atoms with Crippen LogP contribution in [0, 0.1) is 5.92 Å². The first-order valence-corrected chi connectivity index (χ1v) is 10.5. The molecule has 1 N–H and O–H groups in total. The number of hydrogen-bond acceptors (Lipinski definition) is 3. The summed E-state index contributed by atoms with van der Waals surface area (Å²) in [5.74, 6) is -0.271. The molecule has 0 spiro atoms. The molecule has 2 saturated heterocycles. The molecule has 2 aliphatic rings. The van der Waals surface area contributed by atoms with E-state index in [4.69, 9.17) is 0 Å². The van der Waals surface area contributed by atoms with Crippen LogP contribution in [-0.4, -0.2) is 47.8 Å². The highest BCUT2D eigenvalue weighted by molar-refractivity contribution is 5.90. The molecule has 0 bridgehead atoms. The third kappa shape index (κ3) is 4.51. The SMILES string of the molecule is CN1C(=O)CC(C(=O)NC2CCN(Cc3ccccc3)CC2)C1c1ccccc1. The fourth-order valence-electron chi connectivity index (χ4n) is 4.60. The first-order chi connectivity index (χ1) is 14.1. The maximum absolute atomic E-state index is 13.1. The van der Waals surface area contributed by atoms with E-state index in [0.29, 0.717) is 0 Å². The number of nitrogens with one attached hydrogen (secondary N) is 1. The molecule has 5 nitrogen and oxygen atoms in total. The number of amides is 2. The molecule has 2 fully saturated rings. The topological polar surface area (TPSA) is 52.7 Å². The predicted molar refractivity (Wildman–Crippen MR) is 113 cm³/mol. The van der Waals surface area contributed by atoms with Crippen molar-refractivity contribution in [3.63, 3.8) is 0 Å². The van der Waals surface area contributed by atoms with E-state index in [1.165, 1.54) is 5.56 Å². The van der Waals surface area contributed by atoms with Gasteiger partial charge in [0.05, 0.1) is 12.0 Å². The number of rotatable bonds is 5. The van der Waals surface area contributed by atoms with Gasteiger partial charge in [0, 0.05) is 39.1 Å². The van der Waals surface area contributed by atoms with Crippen molar-refractivity contribution in [3.8, 4) is 0 Å². The highest BCUT2D eigenvalue weighted by Crippen LogP contribution is 2.37. The summed E-state index contributed by atoms with van der Waals surface area (Å²) in [7, 11) is 1.80. The Morgan fingerprint density at radius 3 is 2.28 bits per heavy atom. The molecule has 152 valence electrons. The van der Waals surface area contributed by atoms with E-state index in [2.05, 4.69) is 34.5 Å². The van der Waals surface area contributed by atoms with Gasteiger partial charge in [-0.1, -0.05) is 60.7 Å². The van der Waals surface area contributed by atoms with Crippen molar-refractivity contribution in [1.82, 2.24) is 15.1 Å². The zero-order valence-electron chi connectivity index (χ0n) is 17.0. The number of carbonyl (C=O) groups is 2. The van der Waals surface area contributed by atoms with E-state index in [9.17, 15) is 9.59 Å². The molecule has 2 unspecified atom stereocenters. The Hall–Kier alpha value is -2.66. The van der Waals surface area contributed by atoms with Crippen molar-refractivity contribution in [1.29, 1.82) is 0 Å². The number of likely N-dealkylation sites (tertiary alicyclic amines) is 2. The standard InChI is InChI=1S/C24H29N3O2/c1-26-22(28)16-21(23(26)19-10-6-3-7-11-19)24(29)25-20-12-14-27(15-13-20)17-18-8-4-2-5-9-18/h2-11,20-21,23H,12-17H2,1H3,(H,25,29). The van der Waals surface area contributed by atoms with Gasteiger partial charge in [0.2, 0.25) is 11.8 Å². The minimum Gasteiger partial charge on any atom is -0.353 e. The number of piperidine rings is 1. The van der Waals surface area contributed by atoms with E-state index in [-0.39, 0.29) is 36.2 Å². The van der Waals surface area contributed by atoms with Gasteiger partial charge in [0.1, 0.15) is 0 Å². The van der Waals surface area contributed by atoms with Gasteiger partial charge in [-0.2, -0.15) is 0 Å². The van der Waals surface area contributed by atoms with Gasteiger partial charge in [0.25, 0.3) is 0 Å². The second-order valence-corrected chi connectivity index (χ2v) is 8.22. The summed E-state index contributed by atoms with van der Waals surface area (Å²) in [5, 5.41) is 3.24. The Morgan fingerprint density at radius 2 is 1.62 bits per heavy atom. The average molecular weight is 392 g/mol. The normalized spacial score (nSPS) is 23.3. The lowest BCUT2D eigenvalue weighted by Gasteiger charge is -2.33. The van der Waals surface area contributed by atoms with Crippen LogP contribution in [0.1, 0.15) is 36.4 Å². The molecule has 29 heavy (non-hydrogen) atoms. The predicted octanol–water partition coefficient (Wildman–Crippen LogP) is 2.99. The Bertz CT molecular complexity index is 832. The van der Waals surface area contributed by atoms with E-state index in [1.807, 2.05) is 36.4 Å². The number of benzene rings is 2. The van der Waals surface area contributed by atoms with Crippen LogP contribution in [0.15, 0.2) is 60.7 Å². The summed E-state index contributed by atoms with van der Waals surface area (Å²) in [4.78, 5) is 29.5. The molecule has 2 amide bonds. The third-order valence-electron chi connectivity index (χ3n) is 6.25. The molecule has 5 heteroatoms. The molecule has 2 aromatic carbocycles. The van der Waals surface area contributed by atoms with Crippen molar-refractivity contribution in [2.24, 2.45) is 5.92 Å². The van der Waals surface area contributed by atoms with Gasteiger partial charge >= 0.3 is 0 Å². The van der Waals surface area contributed by atoms with E-state index >= 15 is 0 Å². The van der Waals surface area contributed by atoms with Crippen LogP contribution in [0.5, 0.6) is 0 Å². The van der Waals surface area contributed by atoms with Crippen LogP contribution >= 0.6 is 0 Å². The van der Waals surface area contributed by atoms with Crippen LogP contribution in [0.3, 0.4) is 0 Å². The number of carbonyl (C=O) groups excluding carboxylic acids is 2. The molecular weight excluding hydrogens is 362 g/mol. The minimum atomic E-state index is -0.322. The van der Waals surface area contributed by atoms with Crippen molar-refractivity contribution >= 4 is 11.8 Å². The molecule has 2 aliphatic heterocycles. The molecule has 2 aromatic rings. The third-order valence-corrected chi connectivity index (χ3v) is 6.25. The largest absolute Gasteiger partial charge is 0.353 e. The summed E-state index contributed by atoms with van der Waals surface area (Å²) in [6, 6.07) is 20.4. The fourth-order valence-corrected chi connectivity index (χ4v) is 4.60. The Kier molecular flexibility index (Phi) is 5.95. The Labute approximate surface area is 172 Å². The fraction of sp³-hybridized carbons (Fsp3) is 0.417. The number of nitrogens with zero attached hydrogens (tertiary/aromatic N) is 2. The molecule has 0 aromatic heterocycles. The lowest BCUT2D eigenvalue weighted by atomic mass is 9.92. The highest BCUT2D eigenvalue weighted by Gasteiger charge is 2.43. The van der Waals surface area contributed by atoms with Gasteiger partial charge in [-0.25, -0.2) is 0 Å². The summed E-state index contributed by atoms with van der Waals surface area (Å²) >= 11 is 0. The van der Waals surface area contributed by atoms with Gasteiger partial charge in [0.15, 0.2) is 0 Å². The molecule has 2 atom stereocenters. The quantitative estimate of drug-likeness (QED) is 0.853. The monoisotopic (exact) mass is 391 g/mol. The van der Waals surface area contributed by atoms with E-state index in [0.717, 1.165) is 38.0 Å². The molecule has 4 rings (SSSR count). The zero-order valence-corrected chi connectivity index (χ0v) is 17.0. The lowest BCUT2D eigenvalue weighted by Crippen LogP contribution is -2.46. The second kappa shape index (κ2) is 8.78. The molecule has 0 radical (unpaired) electrons. The smallest absolute Gasteiger partial charge is 0.226 e. The maximum atomic E-state index is 13.1. The van der Waals surface area contributed by atoms with E-state index in [1.54, 1.807) is 11.9 Å². The highest BCUT2D eigenvalue weighted by atomic mass is 16.2. The average Bonchev–Trinajstić information content (AvgIpc) is 3.05. The van der Waals surface area contributed by atoms with Crippen LogP contribution in [0.2, 0.25) is 0 Å². The van der Waals surface area contributed by atoms with Gasteiger partial charge in [-0.05, 0) is 24.0 Å². The van der Waals surface area contributed by atoms with Crippen molar-refractivity contribution < 1.29 is 9.59 Å². The second-order valence-electron chi connectivity index (χ2n) is 8.22. The zero-order chi connectivity index (χ0) is 20.2. The Balaban J connectivity index is 1.34.